The van der Waals surface area contributed by atoms with Crippen LogP contribution in [0, 0.1) is 11.8 Å². The number of hydrogen-bond donors (Lipinski definition) is 3. The standard InChI is InChI=1S/C20H21N3O2/c1-21-19-9-6-16(14-18(19)20(24)25)3-2-15-4-7-17(8-5-15)23-12-10-22-11-13-23/h4-9,14,21-22H,10-13H2,1H3,(H,24,25). The molecule has 1 aliphatic heterocycles. The van der Waals surface area contributed by atoms with Gasteiger partial charge in [0.05, 0.1) is 5.56 Å². The number of carboxylic acids is 1. The fourth-order valence-corrected chi connectivity index (χ4v) is 2.84. The first-order chi connectivity index (χ1) is 12.2. The van der Waals surface area contributed by atoms with Crippen LogP contribution in [0.15, 0.2) is 42.5 Å². The Bertz CT molecular complexity index is 813. The van der Waals surface area contributed by atoms with Crippen LogP contribution in [0.1, 0.15) is 21.5 Å². The second-order valence-corrected chi connectivity index (χ2v) is 5.85. The Labute approximate surface area is 147 Å². The minimum atomic E-state index is -0.964. The van der Waals surface area contributed by atoms with Crippen LogP contribution < -0.4 is 15.5 Å². The second kappa shape index (κ2) is 7.73. The number of benzene rings is 2. The molecule has 0 atom stereocenters. The van der Waals surface area contributed by atoms with Crippen LogP contribution in [0.25, 0.3) is 0 Å². The number of hydrogen-bond acceptors (Lipinski definition) is 4. The molecule has 0 aromatic heterocycles. The Morgan fingerprint density at radius 2 is 1.72 bits per heavy atom. The van der Waals surface area contributed by atoms with Crippen molar-refractivity contribution in [2.24, 2.45) is 0 Å². The third-order valence-corrected chi connectivity index (χ3v) is 4.22. The van der Waals surface area contributed by atoms with Crippen LogP contribution in [0.3, 0.4) is 0 Å². The van der Waals surface area contributed by atoms with Crippen LogP contribution in [0.2, 0.25) is 0 Å². The maximum Gasteiger partial charge on any atom is 0.337 e. The quantitative estimate of drug-likeness (QED) is 0.751. The molecule has 0 saturated carbocycles. The number of nitrogens with zero attached hydrogens (tertiary/aromatic N) is 1. The summed E-state index contributed by atoms with van der Waals surface area (Å²) in [4.78, 5) is 13.6. The van der Waals surface area contributed by atoms with E-state index in [4.69, 9.17) is 0 Å². The molecule has 1 heterocycles. The maximum atomic E-state index is 11.3. The molecule has 25 heavy (non-hydrogen) atoms. The van der Waals surface area contributed by atoms with Gasteiger partial charge in [-0.3, -0.25) is 0 Å². The third-order valence-electron chi connectivity index (χ3n) is 4.22. The van der Waals surface area contributed by atoms with Crippen LogP contribution >= 0.6 is 0 Å². The molecule has 0 spiro atoms. The number of nitrogens with one attached hydrogen (secondary N) is 2. The van der Waals surface area contributed by atoms with Crippen LogP contribution in [0.5, 0.6) is 0 Å². The van der Waals surface area contributed by atoms with Gasteiger partial charge in [-0.05, 0) is 42.5 Å². The molecule has 1 fully saturated rings. The van der Waals surface area contributed by atoms with Gasteiger partial charge < -0.3 is 20.6 Å². The lowest BCUT2D eigenvalue weighted by Gasteiger charge is -2.29. The van der Waals surface area contributed by atoms with E-state index in [1.807, 2.05) is 18.2 Å². The summed E-state index contributed by atoms with van der Waals surface area (Å²) in [5, 5.41) is 15.5. The van der Waals surface area contributed by atoms with Gasteiger partial charge in [0.2, 0.25) is 0 Å². The van der Waals surface area contributed by atoms with E-state index in [-0.39, 0.29) is 5.56 Å². The van der Waals surface area contributed by atoms with Crippen molar-refractivity contribution in [1.82, 2.24) is 5.32 Å². The van der Waals surface area contributed by atoms with Crippen LogP contribution in [0.4, 0.5) is 11.4 Å². The van der Waals surface area contributed by atoms with Gasteiger partial charge in [0.1, 0.15) is 0 Å². The van der Waals surface area contributed by atoms with Crippen LogP contribution in [-0.4, -0.2) is 44.3 Å². The summed E-state index contributed by atoms with van der Waals surface area (Å²) in [7, 11) is 1.70. The molecule has 3 N–H and O–H groups in total. The first kappa shape index (κ1) is 16.9. The number of carboxylic acid groups (broad SMARTS) is 1. The smallest absolute Gasteiger partial charge is 0.337 e. The van der Waals surface area contributed by atoms with E-state index in [1.54, 1.807) is 19.2 Å². The minimum Gasteiger partial charge on any atom is -0.478 e. The highest BCUT2D eigenvalue weighted by Gasteiger charge is 2.10. The average molecular weight is 335 g/mol. The predicted molar refractivity (Wildman–Crippen MR) is 100 cm³/mol. The number of anilines is 2. The van der Waals surface area contributed by atoms with E-state index < -0.39 is 5.97 Å². The van der Waals surface area contributed by atoms with Crippen molar-refractivity contribution in [2.75, 3.05) is 43.4 Å². The fraction of sp³-hybridized carbons (Fsp3) is 0.250. The summed E-state index contributed by atoms with van der Waals surface area (Å²) in [5.74, 6) is 5.18. The molecule has 2 aromatic rings. The summed E-state index contributed by atoms with van der Waals surface area (Å²) >= 11 is 0. The number of piperazine rings is 1. The molecular weight excluding hydrogens is 314 g/mol. The molecule has 0 bridgehead atoms. The predicted octanol–water partition coefficient (Wildman–Crippen LogP) is 2.24. The minimum absolute atomic E-state index is 0.225. The number of carbonyl (C=O) groups is 1. The number of aromatic carboxylic acids is 1. The lowest BCUT2D eigenvalue weighted by Crippen LogP contribution is -2.43. The lowest BCUT2D eigenvalue weighted by atomic mass is 10.1. The van der Waals surface area contributed by atoms with Gasteiger partial charge in [-0.15, -0.1) is 0 Å². The van der Waals surface area contributed by atoms with Crippen molar-refractivity contribution in [3.05, 3.63) is 59.2 Å². The molecule has 0 amide bonds. The maximum absolute atomic E-state index is 11.3. The van der Waals surface area contributed by atoms with Crippen molar-refractivity contribution in [2.45, 2.75) is 0 Å². The SMILES string of the molecule is CNc1ccc(C#Cc2ccc(N3CCNCC3)cc2)cc1C(=O)O. The Kier molecular flexibility index (Phi) is 5.22. The van der Waals surface area contributed by atoms with E-state index in [0.717, 1.165) is 31.7 Å². The van der Waals surface area contributed by atoms with E-state index in [0.29, 0.717) is 11.3 Å². The summed E-state index contributed by atoms with van der Waals surface area (Å²) in [6, 6.07) is 13.3. The zero-order chi connectivity index (χ0) is 17.6. The molecular formula is C20H21N3O2. The summed E-state index contributed by atoms with van der Waals surface area (Å²) in [6.07, 6.45) is 0. The van der Waals surface area contributed by atoms with Gasteiger partial charge in [-0.25, -0.2) is 4.79 Å². The number of rotatable bonds is 3. The Morgan fingerprint density at radius 1 is 1.08 bits per heavy atom. The fourth-order valence-electron chi connectivity index (χ4n) is 2.84. The summed E-state index contributed by atoms with van der Waals surface area (Å²) in [6.45, 7) is 4.05. The van der Waals surface area contributed by atoms with Gasteiger partial charge in [-0.1, -0.05) is 11.8 Å². The first-order valence-corrected chi connectivity index (χ1v) is 8.30. The Hall–Kier alpha value is -2.97. The monoisotopic (exact) mass is 335 g/mol. The molecule has 128 valence electrons. The van der Waals surface area contributed by atoms with Gasteiger partial charge in [0, 0.05) is 55.7 Å². The lowest BCUT2D eigenvalue weighted by molar-refractivity contribution is 0.0698. The largest absolute Gasteiger partial charge is 0.478 e. The third kappa shape index (κ3) is 4.11. The Morgan fingerprint density at radius 3 is 2.36 bits per heavy atom. The highest BCUT2D eigenvalue weighted by atomic mass is 16.4. The molecule has 3 rings (SSSR count). The van der Waals surface area contributed by atoms with Gasteiger partial charge in [-0.2, -0.15) is 0 Å². The molecule has 0 aliphatic carbocycles. The van der Waals surface area contributed by atoms with E-state index in [2.05, 4.69) is 39.5 Å². The van der Waals surface area contributed by atoms with E-state index in [1.165, 1.54) is 5.69 Å². The van der Waals surface area contributed by atoms with Gasteiger partial charge in [0.25, 0.3) is 0 Å². The highest BCUT2D eigenvalue weighted by Crippen LogP contribution is 2.18. The molecule has 2 aromatic carbocycles. The van der Waals surface area contributed by atoms with Crippen molar-refractivity contribution >= 4 is 17.3 Å². The summed E-state index contributed by atoms with van der Waals surface area (Å²) in [5.41, 5.74) is 3.61. The van der Waals surface area contributed by atoms with Crippen molar-refractivity contribution in [3.63, 3.8) is 0 Å². The normalized spacial score (nSPS) is 13.7. The molecule has 1 saturated heterocycles. The molecule has 0 radical (unpaired) electrons. The zero-order valence-corrected chi connectivity index (χ0v) is 14.2. The average Bonchev–Trinajstić information content (AvgIpc) is 2.67. The highest BCUT2D eigenvalue weighted by molar-refractivity contribution is 5.94. The van der Waals surface area contributed by atoms with Crippen molar-refractivity contribution < 1.29 is 9.90 Å². The van der Waals surface area contributed by atoms with Crippen molar-refractivity contribution in [1.29, 1.82) is 0 Å². The molecule has 5 heteroatoms. The second-order valence-electron chi connectivity index (χ2n) is 5.85. The van der Waals surface area contributed by atoms with Crippen molar-refractivity contribution in [3.8, 4) is 11.8 Å². The van der Waals surface area contributed by atoms with E-state index in [9.17, 15) is 9.90 Å². The van der Waals surface area contributed by atoms with Crippen LogP contribution in [-0.2, 0) is 0 Å². The van der Waals surface area contributed by atoms with Gasteiger partial charge >= 0.3 is 5.97 Å². The van der Waals surface area contributed by atoms with Gasteiger partial charge in [0.15, 0.2) is 0 Å². The zero-order valence-electron chi connectivity index (χ0n) is 14.2. The molecule has 0 unspecified atom stereocenters. The van der Waals surface area contributed by atoms with E-state index >= 15 is 0 Å². The Balaban J connectivity index is 1.77. The summed E-state index contributed by atoms with van der Waals surface area (Å²) < 4.78 is 0. The topological polar surface area (TPSA) is 64.6 Å². The first-order valence-electron chi connectivity index (χ1n) is 8.30. The molecule has 5 nitrogen and oxygen atoms in total. The molecule has 1 aliphatic rings.